The summed E-state index contributed by atoms with van der Waals surface area (Å²) < 4.78 is 56.0. The molecule has 444 valence electrons. The Kier molecular flexibility index (Phi) is 17.0. The second kappa shape index (κ2) is 21.7. The molecule has 2 spiro atoms. The molecule has 4 aliphatic heterocycles. The maximum absolute atomic E-state index is 13.1. The first-order chi connectivity index (χ1) is 35.9. The number of hydrogen-bond acceptors (Lipinski definition) is 23. The van der Waals surface area contributed by atoms with E-state index in [9.17, 15) is 71.2 Å². The van der Waals surface area contributed by atoms with Gasteiger partial charge in [0.2, 0.25) is 0 Å². The Morgan fingerprint density at radius 2 is 1.29 bits per heavy atom. The molecule has 9 aliphatic rings. The third kappa shape index (κ3) is 10.1. The van der Waals surface area contributed by atoms with Crippen molar-refractivity contribution >= 4 is 5.97 Å². The van der Waals surface area contributed by atoms with Gasteiger partial charge in [0.25, 0.3) is 0 Å². The molecule has 0 amide bonds. The molecule has 77 heavy (non-hydrogen) atoms. The van der Waals surface area contributed by atoms with Crippen LogP contribution in [-0.4, -0.2) is 233 Å². The predicted molar refractivity (Wildman–Crippen MR) is 263 cm³/mol. The van der Waals surface area contributed by atoms with Gasteiger partial charge in [0.15, 0.2) is 25.2 Å². The smallest absolute Gasteiger partial charge is 0.302 e. The Morgan fingerprint density at radius 1 is 0.675 bits per heavy atom. The summed E-state index contributed by atoms with van der Waals surface area (Å²) >= 11 is 0. The van der Waals surface area contributed by atoms with Gasteiger partial charge in [-0.3, -0.25) is 4.79 Å². The highest BCUT2D eigenvalue weighted by Gasteiger charge is 2.85. The van der Waals surface area contributed by atoms with E-state index in [1.165, 1.54) is 13.8 Å². The van der Waals surface area contributed by atoms with E-state index in [1.54, 1.807) is 13.8 Å². The van der Waals surface area contributed by atoms with Crippen LogP contribution in [0.3, 0.4) is 0 Å². The summed E-state index contributed by atoms with van der Waals surface area (Å²) in [6.07, 6.45) is -23.9. The van der Waals surface area contributed by atoms with Crippen LogP contribution in [0.25, 0.3) is 0 Å². The highest BCUT2D eigenvalue weighted by molar-refractivity contribution is 5.66. The molecule has 4 saturated heterocycles. The Morgan fingerprint density at radius 3 is 1.92 bits per heavy atom. The zero-order valence-electron chi connectivity index (χ0n) is 45.9. The van der Waals surface area contributed by atoms with Gasteiger partial charge in [-0.15, -0.1) is 0 Å². The van der Waals surface area contributed by atoms with Crippen molar-refractivity contribution in [1.29, 1.82) is 0 Å². The number of fused-ring (bicyclic) bond motifs is 2. The van der Waals surface area contributed by atoms with Crippen molar-refractivity contribution < 1.29 is 114 Å². The summed E-state index contributed by atoms with van der Waals surface area (Å²) in [4.78, 5) is 13.1. The number of hydrogen-bond donors (Lipinski definition) is 13. The van der Waals surface area contributed by atoms with Gasteiger partial charge in [0, 0.05) is 12.8 Å². The van der Waals surface area contributed by atoms with Gasteiger partial charge in [-0.2, -0.15) is 0 Å². The molecule has 0 radical (unpaired) electrons. The Balaban J connectivity index is 1.02. The van der Waals surface area contributed by atoms with Crippen LogP contribution in [0.5, 0.6) is 0 Å². The van der Waals surface area contributed by atoms with Crippen molar-refractivity contribution in [2.75, 3.05) is 19.8 Å². The predicted octanol–water partition coefficient (Wildman–Crippen LogP) is -1.55. The average molecular weight is 1110 g/mol. The van der Waals surface area contributed by atoms with E-state index in [1.807, 2.05) is 0 Å². The van der Waals surface area contributed by atoms with Crippen LogP contribution in [0.1, 0.15) is 120 Å². The number of carbonyl (C=O) groups is 1. The molecule has 23 heteroatoms. The number of aliphatic hydroxyl groups is 13. The standard InChI is InChI=1S/C54H90O23/c1-22(10-11-32(50(6,7)68)76-45-40(65)35(60)25(57)19-69-45)33-28(72-24(3)56)17-52(9)30-16-27(73-47-42(67)39(64)37(62)29(18-55)74-47)44-49(4,5)31(12-13-54(44)21-53(30,54)15-14-51(33,52)8)75-48-43(36(61)26(58)20-70-48)77-46-41(66)38(63)34(59)23(2)71-46/h22-23,25-48,55,57-68H,10-21H2,1-9H3/t22-,23+,25+,26-,27+,28+,29-,30+,31+,32+,33+,34+,35+,36+,37-,38-,39+,40-,41-,42-,43-,44+,45+,46+,47-,48+,51-,52+,53+,54-/m1/s1. The van der Waals surface area contributed by atoms with E-state index in [4.69, 9.17) is 42.6 Å². The van der Waals surface area contributed by atoms with Crippen molar-refractivity contribution in [2.45, 2.75) is 261 Å². The molecular weight excluding hydrogens is 1020 g/mol. The van der Waals surface area contributed by atoms with Crippen LogP contribution < -0.4 is 0 Å². The molecule has 9 fully saturated rings. The van der Waals surface area contributed by atoms with Gasteiger partial charge in [0.1, 0.15) is 85.5 Å². The lowest BCUT2D eigenvalue weighted by Gasteiger charge is -2.65. The molecule has 23 nitrogen and oxygen atoms in total. The normalized spacial score (nSPS) is 53.3. The van der Waals surface area contributed by atoms with E-state index < -0.39 is 169 Å². The van der Waals surface area contributed by atoms with Crippen LogP contribution >= 0.6 is 0 Å². The van der Waals surface area contributed by atoms with E-state index in [0.29, 0.717) is 38.5 Å². The molecule has 13 N–H and O–H groups in total. The number of ether oxygens (including phenoxy) is 9. The quantitative estimate of drug-likeness (QED) is 0.0652. The second-order valence-corrected chi connectivity index (χ2v) is 26.4. The van der Waals surface area contributed by atoms with E-state index in [0.717, 1.165) is 19.3 Å². The van der Waals surface area contributed by atoms with E-state index in [2.05, 4.69) is 34.6 Å². The molecule has 0 aromatic carbocycles. The molecule has 30 atom stereocenters. The van der Waals surface area contributed by atoms with Gasteiger partial charge in [-0.05, 0) is 123 Å². The first kappa shape index (κ1) is 60.2. The number of rotatable bonds is 15. The lowest BCUT2D eigenvalue weighted by molar-refractivity contribution is -0.366. The van der Waals surface area contributed by atoms with Crippen molar-refractivity contribution in [3.63, 3.8) is 0 Å². The van der Waals surface area contributed by atoms with Gasteiger partial charge in [0.05, 0.1) is 49.8 Å². The fourth-order valence-corrected chi connectivity index (χ4v) is 17.2. The minimum absolute atomic E-state index is 0.0585. The summed E-state index contributed by atoms with van der Waals surface area (Å²) in [5.41, 5.74) is -3.80. The fourth-order valence-electron chi connectivity index (χ4n) is 17.2. The highest BCUT2D eigenvalue weighted by Crippen LogP contribution is 2.89. The molecule has 5 saturated carbocycles. The van der Waals surface area contributed by atoms with Crippen molar-refractivity contribution in [3.8, 4) is 0 Å². The van der Waals surface area contributed by atoms with Gasteiger partial charge >= 0.3 is 5.97 Å². The SMILES string of the molecule is CC(=O)O[C@H]1C[C@@]2(C)[C@@H]3C[C@H](O[C@@H]4O[C@H](CO)[C@@H](O)[C@H](O)[C@H]4O)[C@H]4C(C)(C)[C@@H](O[C@@H]5OC[C@@H](O)[C@H](O)[C@H]5O[C@@H]5O[C@@H](C)[C@H](O)[C@@H](O)[C@H]5O)CC[C@@]45C[C@@]35CC[C@]2(C)[C@H]1[C@H](C)CC[C@H](O[C@@H]1OC[C@H](O)[C@H](O)[C@H]1O)C(C)(C)O. The number of carbonyl (C=O) groups excluding carboxylic acids is 1. The molecular formula is C54H90O23. The fraction of sp³-hybridized carbons (Fsp3) is 0.981. The Hall–Kier alpha value is -1.37. The van der Waals surface area contributed by atoms with Gasteiger partial charge < -0.3 is 109 Å². The zero-order chi connectivity index (χ0) is 56.4. The lowest BCUT2D eigenvalue weighted by Crippen LogP contribution is -2.65. The highest BCUT2D eigenvalue weighted by atomic mass is 16.8. The Bertz CT molecular complexity index is 2060. The third-order valence-electron chi connectivity index (χ3n) is 21.4. The first-order valence-corrected chi connectivity index (χ1v) is 28.0. The maximum atomic E-state index is 13.1. The van der Waals surface area contributed by atoms with E-state index in [-0.39, 0.29) is 47.7 Å². The molecule has 0 aromatic rings. The van der Waals surface area contributed by atoms with Gasteiger partial charge in [-0.25, -0.2) is 0 Å². The van der Waals surface area contributed by atoms with Crippen molar-refractivity contribution in [2.24, 2.45) is 50.7 Å². The monoisotopic (exact) mass is 1110 g/mol. The average Bonchev–Trinajstić information content (AvgIpc) is 3.75. The molecule has 0 aromatic heterocycles. The number of esters is 1. The largest absolute Gasteiger partial charge is 0.462 e. The van der Waals surface area contributed by atoms with E-state index >= 15 is 0 Å². The zero-order valence-corrected chi connectivity index (χ0v) is 45.9. The van der Waals surface area contributed by atoms with Crippen LogP contribution in [0.4, 0.5) is 0 Å². The number of aliphatic hydroxyl groups excluding tert-OH is 12. The van der Waals surface area contributed by atoms with Crippen molar-refractivity contribution in [1.82, 2.24) is 0 Å². The topological polar surface area (TPSA) is 363 Å². The van der Waals surface area contributed by atoms with Crippen LogP contribution in [-0.2, 0) is 47.4 Å². The second-order valence-electron chi connectivity index (χ2n) is 26.4. The van der Waals surface area contributed by atoms with Crippen molar-refractivity contribution in [3.05, 3.63) is 0 Å². The Labute approximate surface area is 450 Å². The molecule has 0 unspecified atom stereocenters. The van der Waals surface area contributed by atoms with Crippen LogP contribution in [0, 0.1) is 50.7 Å². The molecule has 9 rings (SSSR count). The first-order valence-electron chi connectivity index (χ1n) is 28.0. The minimum atomic E-state index is -1.72. The molecule has 0 bridgehead atoms. The third-order valence-corrected chi connectivity index (χ3v) is 21.4. The minimum Gasteiger partial charge on any atom is -0.462 e. The summed E-state index contributed by atoms with van der Waals surface area (Å²) in [6.45, 7) is 15.6. The summed E-state index contributed by atoms with van der Waals surface area (Å²) in [5.74, 6) is -1.11. The summed E-state index contributed by atoms with van der Waals surface area (Å²) in [5, 5.41) is 140. The lowest BCUT2D eigenvalue weighted by atomic mass is 9.41. The summed E-state index contributed by atoms with van der Waals surface area (Å²) in [6, 6.07) is 0. The van der Waals surface area contributed by atoms with Crippen LogP contribution in [0.2, 0.25) is 0 Å². The van der Waals surface area contributed by atoms with Gasteiger partial charge in [-0.1, -0.05) is 34.6 Å². The summed E-state index contributed by atoms with van der Waals surface area (Å²) in [7, 11) is 0. The maximum Gasteiger partial charge on any atom is 0.302 e. The van der Waals surface area contributed by atoms with Crippen LogP contribution in [0.15, 0.2) is 0 Å². The molecule has 4 heterocycles. The molecule has 5 aliphatic carbocycles.